The van der Waals surface area contributed by atoms with Gasteiger partial charge in [0.25, 0.3) is 0 Å². The molecule has 5 nitrogen and oxygen atoms in total. The largest absolute Gasteiger partial charge is 0.444 e. The minimum absolute atomic E-state index is 0.207. The molecule has 0 unspecified atom stereocenters. The molecule has 0 aromatic heterocycles. The lowest BCUT2D eigenvalue weighted by atomic mass is 10.2. The number of hydrogen-bond donors (Lipinski definition) is 1. The Bertz CT molecular complexity index is 486. The van der Waals surface area contributed by atoms with Gasteiger partial charge in [-0.25, -0.2) is 4.79 Å². The van der Waals surface area contributed by atoms with E-state index in [0.717, 1.165) is 19.6 Å². The van der Waals surface area contributed by atoms with Crippen LogP contribution in [0.2, 0.25) is 0 Å². The topological polar surface area (TPSA) is 49.4 Å². The van der Waals surface area contributed by atoms with Crippen LogP contribution in [0.15, 0.2) is 24.3 Å². The van der Waals surface area contributed by atoms with Crippen LogP contribution in [0.1, 0.15) is 26.3 Å². The van der Waals surface area contributed by atoms with Crippen molar-refractivity contribution >= 4 is 11.8 Å². The molecule has 2 N–H and O–H groups in total. The number of piperazine rings is 1. The number of nitrogens with two attached hydrogens (primary N) is 1. The van der Waals surface area contributed by atoms with Crippen LogP contribution < -0.4 is 10.2 Å². The van der Waals surface area contributed by atoms with E-state index >= 15 is 0 Å². The van der Waals surface area contributed by atoms with Crippen molar-refractivity contribution in [2.75, 3.05) is 38.1 Å². The molecule has 0 saturated carbocycles. The monoisotopic (exact) mass is 306 g/mol. The number of hydrogen-bond acceptors (Lipinski definition) is 3. The zero-order valence-electron chi connectivity index (χ0n) is 14.1. The minimum Gasteiger partial charge on any atom is -0.444 e. The predicted octanol–water partition coefficient (Wildman–Crippen LogP) is 1.44. The summed E-state index contributed by atoms with van der Waals surface area (Å²) < 4.78 is 5.43. The van der Waals surface area contributed by atoms with Crippen LogP contribution in [0.25, 0.3) is 0 Å². The summed E-state index contributed by atoms with van der Waals surface area (Å²) in [6.45, 7) is 9.81. The van der Waals surface area contributed by atoms with Crippen LogP contribution in [-0.2, 0) is 11.3 Å². The molecule has 1 amide bonds. The van der Waals surface area contributed by atoms with Gasteiger partial charge in [0, 0.05) is 37.4 Å². The summed E-state index contributed by atoms with van der Waals surface area (Å²) in [5, 5.41) is 2.16. The molecule has 1 aromatic rings. The number of nitrogens with zero attached hydrogens (tertiary/aromatic N) is 2. The lowest BCUT2D eigenvalue weighted by molar-refractivity contribution is -0.643. The van der Waals surface area contributed by atoms with E-state index in [0.29, 0.717) is 13.1 Å². The van der Waals surface area contributed by atoms with E-state index in [-0.39, 0.29) is 6.09 Å². The van der Waals surface area contributed by atoms with Gasteiger partial charge in [-0.1, -0.05) is 12.1 Å². The quantitative estimate of drug-likeness (QED) is 0.919. The number of rotatable bonds is 3. The first kappa shape index (κ1) is 16.6. The van der Waals surface area contributed by atoms with Gasteiger partial charge in [-0.2, -0.15) is 0 Å². The number of benzene rings is 1. The second-order valence-electron chi connectivity index (χ2n) is 6.73. The van der Waals surface area contributed by atoms with E-state index in [1.54, 1.807) is 4.90 Å². The van der Waals surface area contributed by atoms with Crippen LogP contribution in [0.4, 0.5) is 10.5 Å². The summed E-state index contributed by atoms with van der Waals surface area (Å²) in [5.74, 6) is 0. The SMILES string of the molecule is C[NH2+]Cc1ccc(N2CCN(C(=O)OC(C)(C)C)CC2)cc1. The van der Waals surface area contributed by atoms with Gasteiger partial charge in [0.1, 0.15) is 12.1 Å². The Morgan fingerprint density at radius 2 is 1.73 bits per heavy atom. The number of amides is 1. The molecule has 0 aliphatic carbocycles. The number of carbonyl (C=O) groups excluding carboxylic acids is 1. The molecule has 2 rings (SSSR count). The molecule has 0 radical (unpaired) electrons. The smallest absolute Gasteiger partial charge is 0.410 e. The zero-order chi connectivity index (χ0) is 16.2. The number of quaternary nitrogens is 1. The van der Waals surface area contributed by atoms with E-state index in [4.69, 9.17) is 4.74 Å². The van der Waals surface area contributed by atoms with E-state index in [9.17, 15) is 4.79 Å². The lowest BCUT2D eigenvalue weighted by Crippen LogP contribution is -2.77. The van der Waals surface area contributed by atoms with Gasteiger partial charge in [0.2, 0.25) is 0 Å². The average Bonchev–Trinajstić information content (AvgIpc) is 2.47. The normalized spacial score (nSPS) is 15.8. The third kappa shape index (κ3) is 4.63. The highest BCUT2D eigenvalue weighted by Crippen LogP contribution is 2.18. The van der Waals surface area contributed by atoms with Gasteiger partial charge in [0.15, 0.2) is 0 Å². The molecule has 0 spiro atoms. The number of anilines is 1. The maximum Gasteiger partial charge on any atom is 0.410 e. The molecule has 5 heteroatoms. The van der Waals surface area contributed by atoms with Crippen LogP contribution in [0.5, 0.6) is 0 Å². The summed E-state index contributed by atoms with van der Waals surface area (Å²) in [6, 6.07) is 8.69. The molecule has 1 aliphatic heterocycles. The Morgan fingerprint density at radius 3 is 2.23 bits per heavy atom. The standard InChI is InChI=1S/C17H27N3O2/c1-17(2,3)22-16(21)20-11-9-19(10-12-20)15-7-5-14(6-8-15)13-18-4/h5-8,18H,9-13H2,1-4H3/p+1. The van der Waals surface area contributed by atoms with Crippen molar-refractivity contribution in [3.05, 3.63) is 29.8 Å². The second kappa shape index (κ2) is 7.01. The van der Waals surface area contributed by atoms with Gasteiger partial charge in [-0.05, 0) is 32.9 Å². The molecule has 1 saturated heterocycles. The highest BCUT2D eigenvalue weighted by atomic mass is 16.6. The molecular weight excluding hydrogens is 278 g/mol. The van der Waals surface area contributed by atoms with Crippen molar-refractivity contribution in [1.29, 1.82) is 0 Å². The van der Waals surface area contributed by atoms with E-state index < -0.39 is 5.60 Å². The van der Waals surface area contributed by atoms with Crippen molar-refractivity contribution in [3.63, 3.8) is 0 Å². The maximum atomic E-state index is 12.1. The predicted molar refractivity (Wildman–Crippen MR) is 88.0 cm³/mol. The zero-order valence-corrected chi connectivity index (χ0v) is 14.1. The Morgan fingerprint density at radius 1 is 1.14 bits per heavy atom. The number of ether oxygens (including phenoxy) is 1. The van der Waals surface area contributed by atoms with Gasteiger partial charge >= 0.3 is 6.09 Å². The van der Waals surface area contributed by atoms with Crippen LogP contribution >= 0.6 is 0 Å². The third-order valence-electron chi connectivity index (χ3n) is 3.67. The van der Waals surface area contributed by atoms with E-state index in [1.807, 2.05) is 20.8 Å². The summed E-state index contributed by atoms with van der Waals surface area (Å²) in [7, 11) is 2.07. The van der Waals surface area contributed by atoms with Crippen molar-refractivity contribution in [1.82, 2.24) is 4.90 Å². The highest BCUT2D eigenvalue weighted by Gasteiger charge is 2.25. The molecule has 1 aromatic carbocycles. The second-order valence-corrected chi connectivity index (χ2v) is 6.73. The van der Waals surface area contributed by atoms with Crippen LogP contribution in [0, 0.1) is 0 Å². The van der Waals surface area contributed by atoms with Crippen molar-refractivity contribution in [2.24, 2.45) is 0 Å². The van der Waals surface area contributed by atoms with Gasteiger partial charge in [0.05, 0.1) is 7.05 Å². The van der Waals surface area contributed by atoms with E-state index in [1.165, 1.54) is 11.3 Å². The summed E-state index contributed by atoms with van der Waals surface area (Å²) >= 11 is 0. The van der Waals surface area contributed by atoms with Crippen molar-refractivity contribution < 1.29 is 14.8 Å². The molecule has 1 aliphatic rings. The van der Waals surface area contributed by atoms with Crippen molar-refractivity contribution in [3.8, 4) is 0 Å². The first-order valence-corrected chi connectivity index (χ1v) is 7.99. The minimum atomic E-state index is -0.430. The molecule has 1 fully saturated rings. The van der Waals surface area contributed by atoms with Crippen LogP contribution in [0.3, 0.4) is 0 Å². The first-order valence-electron chi connectivity index (χ1n) is 7.99. The third-order valence-corrected chi connectivity index (χ3v) is 3.67. The van der Waals surface area contributed by atoms with Gasteiger partial charge in [-0.15, -0.1) is 0 Å². The highest BCUT2D eigenvalue weighted by molar-refractivity contribution is 5.68. The fraction of sp³-hybridized carbons (Fsp3) is 0.588. The Hall–Kier alpha value is -1.75. The summed E-state index contributed by atoms with van der Waals surface area (Å²) in [5.41, 5.74) is 2.13. The molecule has 22 heavy (non-hydrogen) atoms. The van der Waals surface area contributed by atoms with Gasteiger partial charge in [-0.3, -0.25) is 0 Å². The van der Waals surface area contributed by atoms with Gasteiger partial charge < -0.3 is 19.9 Å². The molecule has 0 atom stereocenters. The molecular formula is C17H28N3O2+. The van der Waals surface area contributed by atoms with E-state index in [2.05, 4.69) is 41.5 Å². The molecule has 122 valence electrons. The Labute approximate surface area is 133 Å². The maximum absolute atomic E-state index is 12.1. The fourth-order valence-corrected chi connectivity index (χ4v) is 2.55. The summed E-state index contributed by atoms with van der Waals surface area (Å²) in [6.07, 6.45) is -0.207. The number of carbonyl (C=O) groups is 1. The fourth-order valence-electron chi connectivity index (χ4n) is 2.55. The first-order chi connectivity index (χ1) is 10.4. The lowest BCUT2D eigenvalue weighted by Gasteiger charge is -2.36. The Balaban J connectivity index is 1.87. The summed E-state index contributed by atoms with van der Waals surface area (Å²) in [4.78, 5) is 16.2. The Kier molecular flexibility index (Phi) is 5.29. The molecule has 0 bridgehead atoms. The molecule has 1 heterocycles. The van der Waals surface area contributed by atoms with Crippen LogP contribution in [-0.4, -0.2) is 49.8 Å². The van der Waals surface area contributed by atoms with Crippen molar-refractivity contribution in [2.45, 2.75) is 32.9 Å². The average molecular weight is 306 g/mol.